The molecule has 0 saturated carbocycles. The van der Waals surface area contributed by atoms with Gasteiger partial charge in [-0.05, 0) is 98.2 Å². The third-order valence-electron chi connectivity index (χ3n) is 8.20. The predicted octanol–water partition coefficient (Wildman–Crippen LogP) is 6.38. The first-order valence-corrected chi connectivity index (χ1v) is 13.9. The normalized spacial score (nSPS) is 17.3. The summed E-state index contributed by atoms with van der Waals surface area (Å²) in [6, 6.07) is 23.0. The Hall–Kier alpha value is -3.17. The van der Waals surface area contributed by atoms with E-state index in [9.17, 15) is 10.1 Å². The SMILES string of the molecule is Cc1cc(Cl)cc(NC(=O)CN2CCc3cc(-c4cccc(C#N)c4)ccc3C23CCN(C(C)C)CC3)c1. The van der Waals surface area contributed by atoms with Crippen LogP contribution in [0.1, 0.15) is 48.9 Å². The van der Waals surface area contributed by atoms with Gasteiger partial charge < -0.3 is 10.2 Å². The standard InChI is InChI=1S/C32H35ClN4O/c1-22(2)36-13-10-32(11-14-36)30-8-7-26(25-6-4-5-24(17-25)20-34)18-27(30)9-12-37(32)21-31(38)35-29-16-23(3)15-28(33)19-29/h4-8,15-19,22H,9-14,21H2,1-3H3,(H,35,38). The highest BCUT2D eigenvalue weighted by atomic mass is 35.5. The van der Waals surface area contributed by atoms with Crippen LogP contribution in [0.25, 0.3) is 11.1 Å². The Morgan fingerprint density at radius 1 is 1.05 bits per heavy atom. The molecule has 1 fully saturated rings. The lowest BCUT2D eigenvalue weighted by Crippen LogP contribution is -2.58. The van der Waals surface area contributed by atoms with Crippen molar-refractivity contribution in [2.75, 3.05) is 31.5 Å². The Morgan fingerprint density at radius 2 is 1.82 bits per heavy atom. The van der Waals surface area contributed by atoms with E-state index in [-0.39, 0.29) is 11.4 Å². The number of benzene rings is 3. The number of piperidine rings is 1. The number of carbonyl (C=O) groups excluding carboxylic acids is 1. The summed E-state index contributed by atoms with van der Waals surface area (Å²) in [7, 11) is 0. The van der Waals surface area contributed by atoms with Gasteiger partial charge in [-0.2, -0.15) is 5.26 Å². The quantitative estimate of drug-likeness (QED) is 0.419. The summed E-state index contributed by atoms with van der Waals surface area (Å²) in [6.07, 6.45) is 2.87. The number of nitriles is 1. The van der Waals surface area contributed by atoms with Gasteiger partial charge in [-0.25, -0.2) is 0 Å². The Labute approximate surface area is 231 Å². The van der Waals surface area contributed by atoms with Crippen molar-refractivity contribution in [3.8, 4) is 17.2 Å². The number of hydrogen-bond donors (Lipinski definition) is 1. The van der Waals surface area contributed by atoms with Crippen LogP contribution in [0.15, 0.2) is 60.7 Å². The Balaban J connectivity index is 1.45. The summed E-state index contributed by atoms with van der Waals surface area (Å²) in [5, 5.41) is 13.1. The molecule has 6 heteroatoms. The van der Waals surface area contributed by atoms with Gasteiger partial charge in [0.15, 0.2) is 0 Å². The maximum absolute atomic E-state index is 13.3. The summed E-state index contributed by atoms with van der Waals surface area (Å²) in [6.45, 7) is 9.69. The van der Waals surface area contributed by atoms with Crippen LogP contribution in [0.5, 0.6) is 0 Å². The number of amides is 1. The third-order valence-corrected chi connectivity index (χ3v) is 8.42. The second kappa shape index (κ2) is 10.9. The minimum atomic E-state index is -0.173. The molecule has 0 radical (unpaired) electrons. The topological polar surface area (TPSA) is 59.4 Å². The van der Waals surface area contributed by atoms with Gasteiger partial charge in [0.1, 0.15) is 0 Å². The molecule has 2 heterocycles. The van der Waals surface area contributed by atoms with Crippen LogP contribution in [0.2, 0.25) is 5.02 Å². The van der Waals surface area contributed by atoms with E-state index in [4.69, 9.17) is 11.6 Å². The number of rotatable bonds is 5. The van der Waals surface area contributed by atoms with Crippen LogP contribution >= 0.6 is 11.6 Å². The summed E-state index contributed by atoms with van der Waals surface area (Å²) in [5.74, 6) is -0.00859. The molecule has 5 nitrogen and oxygen atoms in total. The van der Waals surface area contributed by atoms with Crippen molar-refractivity contribution in [2.45, 2.75) is 51.6 Å². The smallest absolute Gasteiger partial charge is 0.238 e. The van der Waals surface area contributed by atoms with Crippen LogP contribution < -0.4 is 5.32 Å². The maximum Gasteiger partial charge on any atom is 0.238 e. The van der Waals surface area contributed by atoms with E-state index in [1.54, 1.807) is 6.07 Å². The van der Waals surface area contributed by atoms with E-state index in [2.05, 4.69) is 59.3 Å². The number of fused-ring (bicyclic) bond motifs is 2. The van der Waals surface area contributed by atoms with Gasteiger partial charge in [0, 0.05) is 41.9 Å². The van der Waals surface area contributed by atoms with E-state index >= 15 is 0 Å². The number of nitrogens with zero attached hydrogens (tertiary/aromatic N) is 3. The Kier molecular flexibility index (Phi) is 7.59. The highest BCUT2D eigenvalue weighted by Gasteiger charge is 2.45. The fourth-order valence-electron chi connectivity index (χ4n) is 6.25. The third kappa shape index (κ3) is 5.35. The molecule has 1 spiro atoms. The number of hydrogen-bond acceptors (Lipinski definition) is 4. The molecule has 0 aromatic heterocycles. The first-order chi connectivity index (χ1) is 18.3. The minimum Gasteiger partial charge on any atom is -0.325 e. The summed E-state index contributed by atoms with van der Waals surface area (Å²) < 4.78 is 0. The molecule has 5 rings (SSSR count). The van der Waals surface area contributed by atoms with Gasteiger partial charge in [0.05, 0.1) is 18.2 Å². The number of anilines is 1. The zero-order chi connectivity index (χ0) is 26.9. The largest absolute Gasteiger partial charge is 0.325 e. The fourth-order valence-corrected chi connectivity index (χ4v) is 6.54. The first kappa shape index (κ1) is 26.4. The lowest BCUT2D eigenvalue weighted by molar-refractivity contribution is -0.120. The number of aryl methyl sites for hydroxylation is 1. The van der Waals surface area contributed by atoms with Gasteiger partial charge in [-0.1, -0.05) is 41.9 Å². The summed E-state index contributed by atoms with van der Waals surface area (Å²) >= 11 is 6.23. The molecule has 2 aliphatic heterocycles. The number of nitrogens with one attached hydrogen (secondary N) is 1. The monoisotopic (exact) mass is 526 g/mol. The van der Waals surface area contributed by atoms with Crippen LogP contribution in [-0.4, -0.2) is 47.9 Å². The lowest BCUT2D eigenvalue weighted by Gasteiger charge is -2.53. The number of halogens is 1. The molecule has 1 N–H and O–H groups in total. The molecule has 3 aromatic carbocycles. The van der Waals surface area contributed by atoms with Gasteiger partial charge in [0.2, 0.25) is 5.91 Å². The second-order valence-corrected chi connectivity index (χ2v) is 11.4. The molecule has 3 aromatic rings. The van der Waals surface area contributed by atoms with Crippen molar-refractivity contribution in [1.29, 1.82) is 5.26 Å². The average molecular weight is 527 g/mol. The van der Waals surface area contributed by atoms with Crippen molar-refractivity contribution < 1.29 is 4.79 Å². The van der Waals surface area contributed by atoms with E-state index in [0.29, 0.717) is 23.2 Å². The van der Waals surface area contributed by atoms with Crippen LogP contribution in [-0.2, 0) is 16.8 Å². The summed E-state index contributed by atoms with van der Waals surface area (Å²) in [5.41, 5.74) is 7.16. The first-order valence-electron chi connectivity index (χ1n) is 13.5. The molecule has 2 aliphatic rings. The second-order valence-electron chi connectivity index (χ2n) is 11.0. The van der Waals surface area contributed by atoms with Gasteiger partial charge in [-0.15, -0.1) is 0 Å². The van der Waals surface area contributed by atoms with E-state index in [1.165, 1.54) is 11.1 Å². The zero-order valence-electron chi connectivity index (χ0n) is 22.4. The summed E-state index contributed by atoms with van der Waals surface area (Å²) in [4.78, 5) is 18.2. The number of likely N-dealkylation sites (tertiary alicyclic amines) is 1. The van der Waals surface area contributed by atoms with Gasteiger partial charge in [-0.3, -0.25) is 9.69 Å². The highest BCUT2D eigenvalue weighted by Crippen LogP contribution is 2.44. The van der Waals surface area contributed by atoms with E-state index < -0.39 is 0 Å². The molecule has 0 bridgehead atoms. The highest BCUT2D eigenvalue weighted by molar-refractivity contribution is 6.31. The predicted molar refractivity (Wildman–Crippen MR) is 154 cm³/mol. The average Bonchev–Trinajstić information content (AvgIpc) is 2.90. The van der Waals surface area contributed by atoms with E-state index in [0.717, 1.165) is 61.3 Å². The molecular weight excluding hydrogens is 492 g/mol. The van der Waals surface area contributed by atoms with Crippen molar-refractivity contribution in [3.05, 3.63) is 87.9 Å². The molecule has 0 unspecified atom stereocenters. The number of carbonyl (C=O) groups is 1. The Morgan fingerprint density at radius 3 is 2.53 bits per heavy atom. The molecule has 196 valence electrons. The van der Waals surface area contributed by atoms with Crippen molar-refractivity contribution in [1.82, 2.24) is 9.80 Å². The molecular formula is C32H35ClN4O. The van der Waals surface area contributed by atoms with Crippen LogP contribution in [0.4, 0.5) is 5.69 Å². The van der Waals surface area contributed by atoms with Crippen LogP contribution in [0.3, 0.4) is 0 Å². The van der Waals surface area contributed by atoms with Gasteiger partial charge >= 0.3 is 0 Å². The van der Waals surface area contributed by atoms with Crippen molar-refractivity contribution >= 4 is 23.2 Å². The minimum absolute atomic E-state index is 0.00859. The van der Waals surface area contributed by atoms with Crippen molar-refractivity contribution in [3.63, 3.8) is 0 Å². The molecule has 1 amide bonds. The van der Waals surface area contributed by atoms with E-state index in [1.807, 2.05) is 37.3 Å². The zero-order valence-corrected chi connectivity index (χ0v) is 23.2. The molecule has 38 heavy (non-hydrogen) atoms. The van der Waals surface area contributed by atoms with Crippen LogP contribution in [0, 0.1) is 18.3 Å². The maximum atomic E-state index is 13.3. The van der Waals surface area contributed by atoms with Gasteiger partial charge in [0.25, 0.3) is 0 Å². The molecule has 0 aliphatic carbocycles. The fraction of sp³-hybridized carbons (Fsp3) is 0.375. The lowest BCUT2D eigenvalue weighted by atomic mass is 9.73. The van der Waals surface area contributed by atoms with Crippen molar-refractivity contribution in [2.24, 2.45) is 0 Å². The Bertz CT molecular complexity index is 1360. The molecule has 1 saturated heterocycles. The molecule has 0 atom stereocenters.